The van der Waals surface area contributed by atoms with Crippen molar-refractivity contribution in [3.8, 4) is 11.5 Å². The van der Waals surface area contributed by atoms with E-state index in [1.165, 1.54) is 12.1 Å². The molecule has 1 amide bonds. The van der Waals surface area contributed by atoms with E-state index in [9.17, 15) is 13.2 Å². The van der Waals surface area contributed by atoms with E-state index in [1.807, 2.05) is 19.1 Å². The van der Waals surface area contributed by atoms with Gasteiger partial charge in [0.1, 0.15) is 11.5 Å². The maximum Gasteiger partial charge on any atom is 0.252 e. The number of ether oxygens (including phenoxy) is 1. The molecular weight excluding hydrogens is 514 g/mol. The maximum atomic E-state index is 13.3. The molecule has 10 heteroatoms. The summed E-state index contributed by atoms with van der Waals surface area (Å²) in [6.07, 6.45) is 1.89. The summed E-state index contributed by atoms with van der Waals surface area (Å²) in [5, 5.41) is 3.91. The zero-order chi connectivity index (χ0) is 26.0. The molecule has 8 nitrogen and oxygen atoms in total. The van der Waals surface area contributed by atoms with Gasteiger partial charge in [-0.1, -0.05) is 23.7 Å². The smallest absolute Gasteiger partial charge is 0.252 e. The molecule has 1 aliphatic rings. The van der Waals surface area contributed by atoms with Gasteiger partial charge in [0.2, 0.25) is 10.0 Å². The van der Waals surface area contributed by atoms with Gasteiger partial charge in [-0.05, 0) is 73.9 Å². The van der Waals surface area contributed by atoms with Crippen LogP contribution in [-0.4, -0.2) is 38.6 Å². The minimum absolute atomic E-state index is 0.000651. The topological polar surface area (TPSA) is 111 Å². The highest BCUT2D eigenvalue weighted by Crippen LogP contribution is 2.27. The fourth-order valence-electron chi connectivity index (χ4n) is 4.27. The number of aromatic nitrogens is 1. The third kappa shape index (κ3) is 5.86. The quantitative estimate of drug-likeness (QED) is 0.331. The molecule has 0 aliphatic carbocycles. The molecule has 37 heavy (non-hydrogen) atoms. The molecule has 0 saturated carbocycles. The van der Waals surface area contributed by atoms with Crippen LogP contribution in [0.15, 0.2) is 70.0 Å². The summed E-state index contributed by atoms with van der Waals surface area (Å²) in [6.45, 7) is 2.99. The van der Waals surface area contributed by atoms with Crippen LogP contribution in [0, 0.1) is 6.92 Å². The predicted molar refractivity (Wildman–Crippen MR) is 141 cm³/mol. The first-order valence-electron chi connectivity index (χ1n) is 11.9. The van der Waals surface area contributed by atoms with Crippen molar-refractivity contribution >= 4 is 38.4 Å². The molecule has 0 bridgehead atoms. The van der Waals surface area contributed by atoms with E-state index in [0.717, 1.165) is 18.6 Å². The lowest BCUT2D eigenvalue weighted by Gasteiger charge is -2.14. The van der Waals surface area contributed by atoms with Crippen molar-refractivity contribution in [2.24, 2.45) is 0 Å². The van der Waals surface area contributed by atoms with Crippen LogP contribution >= 0.6 is 11.6 Å². The predicted octanol–water partition coefficient (Wildman–Crippen LogP) is 4.84. The van der Waals surface area contributed by atoms with Gasteiger partial charge >= 0.3 is 0 Å². The normalized spacial score (nSPS) is 15.8. The van der Waals surface area contributed by atoms with Gasteiger partial charge in [-0.15, -0.1) is 0 Å². The summed E-state index contributed by atoms with van der Waals surface area (Å²) >= 11 is 5.95. The Kier molecular flexibility index (Phi) is 7.30. The van der Waals surface area contributed by atoms with Gasteiger partial charge in [-0.25, -0.2) is 18.1 Å². The number of hydrogen-bond donors (Lipinski definition) is 2. The number of halogens is 1. The van der Waals surface area contributed by atoms with Crippen molar-refractivity contribution in [1.29, 1.82) is 0 Å². The molecule has 0 spiro atoms. The maximum absolute atomic E-state index is 13.3. The fourth-order valence-corrected chi connectivity index (χ4v) is 5.59. The Bertz CT molecular complexity index is 1560. The highest BCUT2D eigenvalue weighted by Gasteiger charge is 2.20. The lowest BCUT2D eigenvalue weighted by Crippen LogP contribution is -2.32. The molecule has 2 aromatic heterocycles. The van der Waals surface area contributed by atoms with E-state index in [4.69, 9.17) is 25.7 Å². The SMILES string of the molecule is Cc1ccc(-c2cc(C(=O)NC[C@@H]3CCCO3)c3cc(CNS(=O)(=O)c4cccc(Cl)c4)ccc3n2)o1. The van der Waals surface area contributed by atoms with Crippen molar-refractivity contribution in [2.75, 3.05) is 13.2 Å². The van der Waals surface area contributed by atoms with Crippen molar-refractivity contribution < 1.29 is 22.4 Å². The summed E-state index contributed by atoms with van der Waals surface area (Å²) < 4.78 is 39.5. The molecule has 1 atom stereocenters. The van der Waals surface area contributed by atoms with Crippen LogP contribution in [-0.2, 0) is 21.3 Å². The number of benzene rings is 2. The minimum atomic E-state index is -3.77. The largest absolute Gasteiger partial charge is 0.460 e. The number of aryl methyl sites for hydroxylation is 1. The van der Waals surface area contributed by atoms with Crippen LogP contribution in [0.3, 0.4) is 0 Å². The molecule has 3 heterocycles. The Morgan fingerprint density at radius 3 is 2.73 bits per heavy atom. The number of carbonyl (C=O) groups excluding carboxylic acids is 1. The number of hydrogen-bond acceptors (Lipinski definition) is 6. The van der Waals surface area contributed by atoms with E-state index < -0.39 is 10.0 Å². The number of nitrogens with one attached hydrogen (secondary N) is 2. The van der Waals surface area contributed by atoms with E-state index in [2.05, 4.69) is 10.0 Å². The van der Waals surface area contributed by atoms with Gasteiger partial charge in [0.25, 0.3) is 5.91 Å². The Hall–Kier alpha value is -3.24. The average molecular weight is 540 g/mol. The summed E-state index contributed by atoms with van der Waals surface area (Å²) in [4.78, 5) is 18.1. The van der Waals surface area contributed by atoms with Gasteiger partial charge in [-0.3, -0.25) is 4.79 Å². The number of carbonyl (C=O) groups is 1. The first-order chi connectivity index (χ1) is 17.8. The molecule has 192 valence electrons. The molecule has 0 radical (unpaired) electrons. The van der Waals surface area contributed by atoms with Crippen LogP contribution in [0.25, 0.3) is 22.4 Å². The van der Waals surface area contributed by atoms with E-state index in [0.29, 0.717) is 51.7 Å². The van der Waals surface area contributed by atoms with Crippen LogP contribution < -0.4 is 10.0 Å². The standard InChI is InChI=1S/C27H26ClN3O5S/c1-17-7-10-26(36-17)25-14-23(27(32)29-16-20-5-3-11-35-20)22-12-18(8-9-24(22)31-25)15-30-37(33,34)21-6-2-4-19(28)13-21/h2,4,6-10,12-14,20,30H,3,5,11,15-16H2,1H3,(H,29,32)/t20-/m0/s1. The molecule has 1 aliphatic heterocycles. The van der Waals surface area contributed by atoms with E-state index in [1.54, 1.807) is 36.4 Å². The molecule has 2 aromatic carbocycles. The zero-order valence-electron chi connectivity index (χ0n) is 20.2. The number of furan rings is 1. The van der Waals surface area contributed by atoms with E-state index >= 15 is 0 Å². The minimum Gasteiger partial charge on any atom is -0.460 e. The van der Waals surface area contributed by atoms with Crippen LogP contribution in [0.5, 0.6) is 0 Å². The van der Waals surface area contributed by atoms with Crippen LogP contribution in [0.4, 0.5) is 0 Å². The summed E-state index contributed by atoms with van der Waals surface area (Å²) in [5.41, 5.74) is 2.23. The van der Waals surface area contributed by atoms with Crippen molar-refractivity contribution in [1.82, 2.24) is 15.0 Å². The highest BCUT2D eigenvalue weighted by molar-refractivity contribution is 7.89. The summed E-state index contributed by atoms with van der Waals surface area (Å²) in [5.74, 6) is 1.04. The van der Waals surface area contributed by atoms with Gasteiger partial charge in [0, 0.05) is 30.1 Å². The third-order valence-corrected chi connectivity index (χ3v) is 7.83. The number of fused-ring (bicyclic) bond motifs is 1. The lowest BCUT2D eigenvalue weighted by molar-refractivity contribution is 0.0859. The summed E-state index contributed by atoms with van der Waals surface area (Å²) in [6, 6.07) is 16.8. The Morgan fingerprint density at radius 1 is 1.14 bits per heavy atom. The Labute approximate surface area is 220 Å². The zero-order valence-corrected chi connectivity index (χ0v) is 21.7. The second-order valence-electron chi connectivity index (χ2n) is 8.94. The molecular formula is C27H26ClN3O5S. The number of sulfonamides is 1. The lowest BCUT2D eigenvalue weighted by atomic mass is 10.0. The number of amides is 1. The van der Waals surface area contributed by atoms with Crippen LogP contribution in [0.2, 0.25) is 5.02 Å². The van der Waals surface area contributed by atoms with Crippen molar-refractivity contribution in [2.45, 2.75) is 37.3 Å². The van der Waals surface area contributed by atoms with Crippen LogP contribution in [0.1, 0.15) is 34.5 Å². The Morgan fingerprint density at radius 2 is 2.00 bits per heavy atom. The monoisotopic (exact) mass is 539 g/mol. The highest BCUT2D eigenvalue weighted by atomic mass is 35.5. The molecule has 0 unspecified atom stereocenters. The van der Waals surface area contributed by atoms with Gasteiger partial charge < -0.3 is 14.5 Å². The first kappa shape index (κ1) is 25.4. The Balaban J connectivity index is 1.45. The van der Waals surface area contributed by atoms with Gasteiger partial charge in [-0.2, -0.15) is 0 Å². The first-order valence-corrected chi connectivity index (χ1v) is 13.8. The van der Waals surface area contributed by atoms with E-state index in [-0.39, 0.29) is 23.5 Å². The molecule has 1 saturated heterocycles. The second kappa shape index (κ2) is 10.6. The molecule has 4 aromatic rings. The molecule has 2 N–H and O–H groups in total. The van der Waals surface area contributed by atoms with Gasteiger partial charge in [0.05, 0.1) is 22.1 Å². The fraction of sp³-hybridized carbons (Fsp3) is 0.259. The number of pyridine rings is 1. The van der Waals surface area contributed by atoms with Gasteiger partial charge in [0.15, 0.2) is 5.76 Å². The number of nitrogens with zero attached hydrogens (tertiary/aromatic N) is 1. The molecule has 1 fully saturated rings. The third-order valence-electron chi connectivity index (χ3n) is 6.20. The molecule has 5 rings (SSSR count). The number of rotatable bonds is 8. The second-order valence-corrected chi connectivity index (χ2v) is 11.1. The van der Waals surface area contributed by atoms with Crippen molar-refractivity contribution in [3.63, 3.8) is 0 Å². The van der Waals surface area contributed by atoms with Crippen molar-refractivity contribution in [3.05, 3.63) is 82.6 Å². The average Bonchev–Trinajstić information content (AvgIpc) is 3.57. The summed E-state index contributed by atoms with van der Waals surface area (Å²) in [7, 11) is -3.77.